The van der Waals surface area contributed by atoms with Crippen LogP contribution in [-0.4, -0.2) is 38.6 Å². The van der Waals surface area contributed by atoms with E-state index in [0.717, 1.165) is 22.7 Å². The largest absolute Gasteiger partial charge is 0.490 e. The quantitative estimate of drug-likeness (QED) is 0.243. The zero-order valence-electron chi connectivity index (χ0n) is 20.2. The Hall–Kier alpha value is -4.06. The van der Waals surface area contributed by atoms with Crippen LogP contribution in [0.5, 0.6) is 11.5 Å². The molecule has 0 aliphatic carbocycles. The fraction of sp³-hybridized carbons (Fsp3) is 0.241. The number of likely N-dealkylation sites (N-methyl/N-ethyl adjacent to an activating group) is 1. The van der Waals surface area contributed by atoms with E-state index >= 15 is 0 Å². The van der Waals surface area contributed by atoms with Gasteiger partial charge in [-0.05, 0) is 35.9 Å². The predicted molar refractivity (Wildman–Crippen MR) is 135 cm³/mol. The third-order valence-corrected chi connectivity index (χ3v) is 6.04. The fourth-order valence-electron chi connectivity index (χ4n) is 4.26. The first-order chi connectivity index (χ1) is 16.9. The molecule has 1 aliphatic rings. The molecule has 3 aromatic rings. The highest BCUT2D eigenvalue weighted by molar-refractivity contribution is 5.97. The van der Waals surface area contributed by atoms with Gasteiger partial charge in [0.25, 0.3) is 0 Å². The minimum atomic E-state index is -0.612. The third kappa shape index (κ3) is 5.38. The van der Waals surface area contributed by atoms with E-state index in [1.807, 2.05) is 60.5 Å². The van der Waals surface area contributed by atoms with Gasteiger partial charge in [-0.25, -0.2) is 4.79 Å². The highest BCUT2D eigenvalue weighted by Gasteiger charge is 2.38. The monoisotopic (exact) mass is 471 g/mol. The topological polar surface area (TPSA) is 65.1 Å². The summed E-state index contributed by atoms with van der Waals surface area (Å²) in [4.78, 5) is 27.4. The van der Waals surface area contributed by atoms with Crippen LogP contribution in [0.2, 0.25) is 0 Å². The number of ketones is 1. The van der Waals surface area contributed by atoms with Gasteiger partial charge in [0.15, 0.2) is 12.4 Å². The maximum Gasteiger partial charge on any atom is 0.342 e. The number of benzene rings is 3. The molecule has 1 heterocycles. The third-order valence-electron chi connectivity index (χ3n) is 6.04. The van der Waals surface area contributed by atoms with Crippen molar-refractivity contribution in [2.24, 2.45) is 0 Å². The van der Waals surface area contributed by atoms with Crippen molar-refractivity contribution in [1.82, 2.24) is 0 Å². The number of fused-ring (bicyclic) bond motifs is 1. The molecule has 3 aromatic carbocycles. The van der Waals surface area contributed by atoms with Crippen molar-refractivity contribution in [3.05, 3.63) is 102 Å². The van der Waals surface area contributed by atoms with E-state index in [9.17, 15) is 9.59 Å². The highest BCUT2D eigenvalue weighted by Crippen LogP contribution is 2.46. The van der Waals surface area contributed by atoms with Crippen LogP contribution in [-0.2, 0) is 14.9 Å². The van der Waals surface area contributed by atoms with Crippen LogP contribution in [0.3, 0.4) is 0 Å². The molecule has 0 N–H and O–H groups in total. The second-order valence-electron chi connectivity index (χ2n) is 8.78. The van der Waals surface area contributed by atoms with Gasteiger partial charge < -0.3 is 19.1 Å². The number of carbonyl (C=O) groups is 2. The Labute approximate surface area is 205 Å². The standard InChI is InChI=1S/C29H29NO5/c1-29(2)24-14-8-9-15-25(24)30(3)27(29)19-21(31)20-35-28(32)23-13-7-10-16-26(23)34-18-17-33-22-11-5-4-6-12-22/h4-16,19H,17-18,20H2,1-3H3. The van der Waals surface area contributed by atoms with E-state index in [1.54, 1.807) is 30.3 Å². The number of allylic oxidation sites excluding steroid dienone is 1. The second kappa shape index (κ2) is 10.5. The number of ether oxygens (including phenoxy) is 3. The lowest BCUT2D eigenvalue weighted by Crippen LogP contribution is -2.25. The zero-order valence-corrected chi connectivity index (χ0v) is 20.2. The first-order valence-corrected chi connectivity index (χ1v) is 11.5. The van der Waals surface area contributed by atoms with Crippen molar-refractivity contribution in [2.75, 3.05) is 31.8 Å². The van der Waals surface area contributed by atoms with Crippen LogP contribution in [0.25, 0.3) is 0 Å². The van der Waals surface area contributed by atoms with Gasteiger partial charge in [0.2, 0.25) is 0 Å². The number of nitrogens with zero attached hydrogens (tertiary/aromatic N) is 1. The Morgan fingerprint density at radius 1 is 0.857 bits per heavy atom. The van der Waals surface area contributed by atoms with E-state index in [2.05, 4.69) is 19.9 Å². The van der Waals surface area contributed by atoms with Gasteiger partial charge >= 0.3 is 5.97 Å². The fourth-order valence-corrected chi connectivity index (χ4v) is 4.26. The second-order valence-corrected chi connectivity index (χ2v) is 8.78. The Morgan fingerprint density at radius 3 is 2.29 bits per heavy atom. The summed E-state index contributed by atoms with van der Waals surface area (Å²) in [5, 5.41) is 0. The lowest BCUT2D eigenvalue weighted by Gasteiger charge is -2.23. The molecular weight excluding hydrogens is 442 g/mol. The first-order valence-electron chi connectivity index (χ1n) is 11.5. The summed E-state index contributed by atoms with van der Waals surface area (Å²) >= 11 is 0. The summed E-state index contributed by atoms with van der Waals surface area (Å²) in [6, 6.07) is 24.3. The Morgan fingerprint density at radius 2 is 1.51 bits per heavy atom. The normalized spacial score (nSPS) is 14.9. The predicted octanol–water partition coefficient (Wildman–Crippen LogP) is 5.18. The molecule has 6 nitrogen and oxygen atoms in total. The smallest absolute Gasteiger partial charge is 0.342 e. The van der Waals surface area contributed by atoms with E-state index in [1.165, 1.54) is 0 Å². The molecule has 0 bridgehead atoms. The number of para-hydroxylation sites is 3. The molecular formula is C29H29NO5. The number of rotatable bonds is 9. The molecule has 35 heavy (non-hydrogen) atoms. The van der Waals surface area contributed by atoms with Gasteiger partial charge in [-0.3, -0.25) is 4.79 Å². The Kier molecular flexibility index (Phi) is 7.20. The molecule has 6 heteroatoms. The molecule has 0 saturated heterocycles. The maximum atomic E-state index is 12.7. The summed E-state index contributed by atoms with van der Waals surface area (Å²) in [5.74, 6) is 0.233. The number of hydrogen-bond donors (Lipinski definition) is 0. The molecule has 0 saturated carbocycles. The summed E-state index contributed by atoms with van der Waals surface area (Å²) in [7, 11) is 1.94. The molecule has 0 atom stereocenters. The number of carbonyl (C=O) groups excluding carboxylic acids is 2. The van der Waals surface area contributed by atoms with Gasteiger partial charge in [-0.2, -0.15) is 0 Å². The molecule has 1 aliphatic heterocycles. The van der Waals surface area contributed by atoms with Crippen molar-refractivity contribution in [3.8, 4) is 11.5 Å². The number of hydrogen-bond acceptors (Lipinski definition) is 6. The molecule has 4 rings (SSSR count). The van der Waals surface area contributed by atoms with Crippen LogP contribution in [0, 0.1) is 0 Å². The summed E-state index contributed by atoms with van der Waals surface area (Å²) in [6.07, 6.45) is 1.57. The summed E-state index contributed by atoms with van der Waals surface area (Å²) in [6.45, 7) is 4.39. The maximum absolute atomic E-state index is 12.7. The summed E-state index contributed by atoms with van der Waals surface area (Å²) < 4.78 is 16.7. The van der Waals surface area contributed by atoms with Gasteiger partial charge in [-0.15, -0.1) is 0 Å². The lowest BCUT2D eigenvalue weighted by molar-refractivity contribution is -0.117. The molecule has 0 amide bonds. The zero-order chi connectivity index (χ0) is 24.8. The van der Waals surface area contributed by atoms with Crippen LogP contribution >= 0.6 is 0 Å². The van der Waals surface area contributed by atoms with Gasteiger partial charge in [-0.1, -0.05) is 62.4 Å². The molecule has 0 aromatic heterocycles. The number of anilines is 1. The van der Waals surface area contributed by atoms with Crippen LogP contribution in [0.4, 0.5) is 5.69 Å². The Balaban J connectivity index is 1.34. The van der Waals surface area contributed by atoms with Gasteiger partial charge in [0.1, 0.15) is 30.3 Å². The Bertz CT molecular complexity index is 1230. The minimum Gasteiger partial charge on any atom is -0.490 e. The van der Waals surface area contributed by atoms with Gasteiger partial charge in [0, 0.05) is 29.9 Å². The van der Waals surface area contributed by atoms with Crippen molar-refractivity contribution in [3.63, 3.8) is 0 Å². The average Bonchev–Trinajstić information content (AvgIpc) is 3.07. The average molecular weight is 472 g/mol. The minimum absolute atomic E-state index is 0.256. The van der Waals surface area contributed by atoms with Crippen LogP contribution in [0.15, 0.2) is 90.6 Å². The van der Waals surface area contributed by atoms with Crippen molar-refractivity contribution >= 4 is 17.4 Å². The van der Waals surface area contributed by atoms with Crippen molar-refractivity contribution in [1.29, 1.82) is 0 Å². The number of esters is 1. The van der Waals surface area contributed by atoms with E-state index in [4.69, 9.17) is 14.2 Å². The summed E-state index contributed by atoms with van der Waals surface area (Å²) in [5.41, 5.74) is 3.02. The van der Waals surface area contributed by atoms with E-state index in [-0.39, 0.29) is 30.0 Å². The van der Waals surface area contributed by atoms with E-state index in [0.29, 0.717) is 12.4 Å². The molecule has 180 valence electrons. The molecule has 0 unspecified atom stereocenters. The van der Waals surface area contributed by atoms with Gasteiger partial charge in [0.05, 0.1) is 0 Å². The van der Waals surface area contributed by atoms with Crippen molar-refractivity contribution in [2.45, 2.75) is 19.3 Å². The van der Waals surface area contributed by atoms with Crippen LogP contribution in [0.1, 0.15) is 29.8 Å². The molecule has 0 radical (unpaired) electrons. The SMILES string of the molecule is CN1C(=CC(=O)COC(=O)c2ccccc2OCCOc2ccccc2)C(C)(C)c2ccccc21. The van der Waals surface area contributed by atoms with Crippen molar-refractivity contribution < 1.29 is 23.8 Å². The highest BCUT2D eigenvalue weighted by atomic mass is 16.5. The van der Waals surface area contributed by atoms with E-state index < -0.39 is 5.97 Å². The molecule has 0 spiro atoms. The molecule has 0 fully saturated rings. The van der Waals surface area contributed by atoms with Crippen LogP contribution < -0.4 is 14.4 Å². The lowest BCUT2D eigenvalue weighted by atomic mass is 9.83. The first kappa shape index (κ1) is 24.1.